The zero-order valence-electron chi connectivity index (χ0n) is 21.1. The normalized spacial score (nSPS) is 10.6. The molecule has 192 valence electrons. The van der Waals surface area contributed by atoms with Gasteiger partial charge in [-0.25, -0.2) is 0 Å². The number of carbonyl (C=O) groups excluding carboxylic acids is 2. The van der Waals surface area contributed by atoms with Crippen LogP contribution in [0, 0.1) is 0 Å². The van der Waals surface area contributed by atoms with Gasteiger partial charge in [0.25, 0.3) is 5.91 Å². The molecule has 0 saturated heterocycles. The Morgan fingerprint density at radius 3 is 1.92 bits per heavy atom. The summed E-state index contributed by atoms with van der Waals surface area (Å²) in [6.45, 7) is 0.485. The topological polar surface area (TPSA) is 85.9 Å². The van der Waals surface area contributed by atoms with Crippen molar-refractivity contribution >= 4 is 29.3 Å². The molecular weight excluding hydrogens is 480 g/mol. The van der Waals surface area contributed by atoms with Crippen LogP contribution in [0.1, 0.15) is 21.5 Å². The maximum Gasteiger partial charge on any atom is 0.255 e. The minimum Gasteiger partial charge on any atom is -0.494 e. The Morgan fingerprint density at radius 2 is 1.32 bits per heavy atom. The fraction of sp³-hybridized carbons (Fsp3) is 0.0968. The van der Waals surface area contributed by atoms with Gasteiger partial charge in [-0.15, -0.1) is 0 Å². The van der Waals surface area contributed by atoms with Gasteiger partial charge >= 0.3 is 0 Å². The zero-order valence-corrected chi connectivity index (χ0v) is 21.1. The Kier molecular flexibility index (Phi) is 8.76. The quantitative estimate of drug-likeness (QED) is 0.250. The molecule has 0 heterocycles. The number of hydrogen-bond donors (Lipinski definition) is 2. The third kappa shape index (κ3) is 7.01. The van der Waals surface area contributed by atoms with Crippen LogP contribution in [0.15, 0.2) is 103 Å². The highest BCUT2D eigenvalue weighted by Gasteiger charge is 2.15. The maximum absolute atomic E-state index is 12.6. The largest absolute Gasteiger partial charge is 0.494 e. The van der Waals surface area contributed by atoms with E-state index in [0.717, 1.165) is 16.9 Å². The van der Waals surface area contributed by atoms with Crippen molar-refractivity contribution in [2.24, 2.45) is 0 Å². The summed E-state index contributed by atoms with van der Waals surface area (Å²) in [4.78, 5) is 25.2. The van der Waals surface area contributed by atoms with E-state index in [1.165, 1.54) is 20.3 Å². The molecular formula is C31H28N2O5. The molecule has 0 fully saturated rings. The average molecular weight is 509 g/mol. The fourth-order valence-electron chi connectivity index (χ4n) is 3.64. The van der Waals surface area contributed by atoms with E-state index in [1.807, 2.05) is 60.7 Å². The van der Waals surface area contributed by atoms with E-state index in [9.17, 15) is 9.59 Å². The second kappa shape index (κ2) is 12.8. The van der Waals surface area contributed by atoms with Gasteiger partial charge in [-0.2, -0.15) is 0 Å². The van der Waals surface area contributed by atoms with Crippen molar-refractivity contribution in [2.45, 2.75) is 6.61 Å². The predicted molar refractivity (Wildman–Crippen MR) is 149 cm³/mol. The summed E-state index contributed by atoms with van der Waals surface area (Å²) in [6.07, 6.45) is 3.13. The third-order valence-electron chi connectivity index (χ3n) is 5.62. The molecule has 0 aliphatic carbocycles. The molecule has 0 bridgehead atoms. The van der Waals surface area contributed by atoms with Crippen molar-refractivity contribution in [3.8, 4) is 17.2 Å². The number of rotatable bonds is 10. The van der Waals surface area contributed by atoms with E-state index in [-0.39, 0.29) is 11.8 Å². The standard InChI is InChI=1S/C31H28N2O5/c1-36-28-20-27(33-31(35)24-11-7-4-8-12-24)29(37-2)19-26(28)32-30(34)18-15-22-13-16-25(17-14-22)38-21-23-9-5-3-6-10-23/h3-20H,21H2,1-2H3,(H,32,34)(H,33,35). The number of nitrogens with one attached hydrogen (secondary N) is 2. The van der Waals surface area contributed by atoms with Crippen LogP contribution < -0.4 is 24.8 Å². The zero-order chi connectivity index (χ0) is 26.7. The third-order valence-corrected chi connectivity index (χ3v) is 5.62. The number of anilines is 2. The van der Waals surface area contributed by atoms with Crippen LogP contribution in [0.25, 0.3) is 6.08 Å². The van der Waals surface area contributed by atoms with Crippen molar-refractivity contribution in [3.63, 3.8) is 0 Å². The lowest BCUT2D eigenvalue weighted by Gasteiger charge is -2.16. The van der Waals surface area contributed by atoms with Gasteiger partial charge in [0.15, 0.2) is 0 Å². The molecule has 2 amide bonds. The minimum atomic E-state index is -0.351. The van der Waals surface area contributed by atoms with Crippen LogP contribution >= 0.6 is 0 Å². The summed E-state index contributed by atoms with van der Waals surface area (Å²) in [6, 6.07) is 29.4. The minimum absolute atomic E-state index is 0.290. The van der Waals surface area contributed by atoms with Gasteiger partial charge in [0.05, 0.1) is 25.6 Å². The lowest BCUT2D eigenvalue weighted by Crippen LogP contribution is -2.14. The molecule has 4 rings (SSSR count). The summed E-state index contributed by atoms with van der Waals surface area (Å²) >= 11 is 0. The Bertz CT molecular complexity index is 1400. The Hall–Kier alpha value is -5.04. The molecule has 2 N–H and O–H groups in total. The number of amides is 2. The molecule has 7 nitrogen and oxygen atoms in total. The van der Waals surface area contributed by atoms with Gasteiger partial charge in [0.1, 0.15) is 23.9 Å². The predicted octanol–water partition coefficient (Wildman–Crippen LogP) is 6.19. The second-order valence-corrected chi connectivity index (χ2v) is 8.24. The Morgan fingerprint density at radius 1 is 0.737 bits per heavy atom. The van der Waals surface area contributed by atoms with Gasteiger partial charge < -0.3 is 24.8 Å². The first-order chi connectivity index (χ1) is 18.6. The summed E-state index contributed by atoms with van der Waals surface area (Å²) in [7, 11) is 2.97. The van der Waals surface area contributed by atoms with E-state index >= 15 is 0 Å². The van der Waals surface area contributed by atoms with Crippen LogP contribution in [0.4, 0.5) is 11.4 Å². The molecule has 38 heavy (non-hydrogen) atoms. The number of hydrogen-bond acceptors (Lipinski definition) is 5. The number of benzene rings is 4. The van der Waals surface area contributed by atoms with Crippen molar-refractivity contribution in [1.82, 2.24) is 0 Å². The molecule has 4 aromatic rings. The molecule has 0 aliphatic rings. The maximum atomic E-state index is 12.6. The van der Waals surface area contributed by atoms with E-state index < -0.39 is 0 Å². The molecule has 0 saturated carbocycles. The summed E-state index contributed by atoms with van der Waals surface area (Å²) in [5, 5.41) is 5.62. The molecule has 0 aromatic heterocycles. The van der Waals surface area contributed by atoms with Gasteiger partial charge in [-0.05, 0) is 41.5 Å². The first-order valence-corrected chi connectivity index (χ1v) is 11.9. The molecule has 0 aliphatic heterocycles. The lowest BCUT2D eigenvalue weighted by atomic mass is 10.2. The molecule has 0 radical (unpaired) electrons. The van der Waals surface area contributed by atoms with Crippen LogP contribution in [0.2, 0.25) is 0 Å². The van der Waals surface area contributed by atoms with Crippen LogP contribution in [-0.4, -0.2) is 26.0 Å². The van der Waals surface area contributed by atoms with E-state index in [0.29, 0.717) is 35.0 Å². The summed E-state index contributed by atoms with van der Waals surface area (Å²) in [5.74, 6) is 0.848. The highest BCUT2D eigenvalue weighted by Crippen LogP contribution is 2.36. The van der Waals surface area contributed by atoms with E-state index in [1.54, 1.807) is 42.5 Å². The molecule has 7 heteroatoms. The van der Waals surface area contributed by atoms with E-state index in [4.69, 9.17) is 14.2 Å². The Balaban J connectivity index is 1.39. The lowest BCUT2D eigenvalue weighted by molar-refractivity contribution is -0.111. The first-order valence-electron chi connectivity index (χ1n) is 11.9. The van der Waals surface area contributed by atoms with Crippen LogP contribution in [-0.2, 0) is 11.4 Å². The van der Waals surface area contributed by atoms with Crippen molar-refractivity contribution in [3.05, 3.63) is 120 Å². The highest BCUT2D eigenvalue weighted by atomic mass is 16.5. The van der Waals surface area contributed by atoms with Crippen molar-refractivity contribution in [1.29, 1.82) is 0 Å². The summed E-state index contributed by atoms with van der Waals surface area (Å²) in [5.41, 5.74) is 3.26. The van der Waals surface area contributed by atoms with Gasteiger partial charge in [0.2, 0.25) is 5.91 Å². The highest BCUT2D eigenvalue weighted by molar-refractivity contribution is 6.06. The van der Waals surface area contributed by atoms with Gasteiger partial charge in [-0.3, -0.25) is 9.59 Å². The van der Waals surface area contributed by atoms with Gasteiger partial charge in [-0.1, -0.05) is 60.7 Å². The number of methoxy groups -OCH3 is 2. The molecule has 0 atom stereocenters. The molecule has 4 aromatic carbocycles. The Labute approximate surface area is 221 Å². The van der Waals surface area contributed by atoms with Crippen LogP contribution in [0.3, 0.4) is 0 Å². The average Bonchev–Trinajstić information content (AvgIpc) is 2.97. The number of carbonyl (C=O) groups is 2. The molecule has 0 unspecified atom stereocenters. The number of ether oxygens (including phenoxy) is 3. The first kappa shape index (κ1) is 26.0. The van der Waals surface area contributed by atoms with Crippen molar-refractivity contribution < 1.29 is 23.8 Å². The second-order valence-electron chi connectivity index (χ2n) is 8.24. The SMILES string of the molecule is COc1cc(NC(=O)c2ccccc2)c(OC)cc1NC(=O)C=Cc1ccc(OCc2ccccc2)cc1. The monoisotopic (exact) mass is 508 g/mol. The van der Waals surface area contributed by atoms with Crippen LogP contribution in [0.5, 0.6) is 17.2 Å². The van der Waals surface area contributed by atoms with Gasteiger partial charge in [0, 0.05) is 23.8 Å². The molecule has 0 spiro atoms. The van der Waals surface area contributed by atoms with E-state index in [2.05, 4.69) is 10.6 Å². The summed E-state index contributed by atoms with van der Waals surface area (Å²) < 4.78 is 16.7. The smallest absolute Gasteiger partial charge is 0.255 e. The fourth-order valence-corrected chi connectivity index (χ4v) is 3.64. The van der Waals surface area contributed by atoms with Crippen molar-refractivity contribution in [2.75, 3.05) is 24.9 Å².